The van der Waals surface area contributed by atoms with Gasteiger partial charge in [-0.2, -0.15) is 0 Å². The minimum absolute atomic E-state index is 0.109. The smallest absolute Gasteiger partial charge is 0.178 e. The van der Waals surface area contributed by atoms with Gasteiger partial charge in [-0.05, 0) is 59.5 Å². The van der Waals surface area contributed by atoms with Crippen LogP contribution in [-0.4, -0.2) is 20.0 Å². The van der Waals surface area contributed by atoms with Crippen LogP contribution in [0.3, 0.4) is 0 Å². The summed E-state index contributed by atoms with van der Waals surface area (Å²) in [4.78, 5) is 12.3. The van der Waals surface area contributed by atoms with E-state index in [1.54, 1.807) is 26.4 Å². The van der Waals surface area contributed by atoms with E-state index in [1.165, 1.54) is 22.8 Å². The van der Waals surface area contributed by atoms with Crippen LogP contribution in [-0.2, 0) is 4.79 Å². The van der Waals surface area contributed by atoms with Gasteiger partial charge in [-0.3, -0.25) is 4.79 Å². The normalized spacial score (nSPS) is 11.1. The van der Waals surface area contributed by atoms with E-state index in [0.717, 1.165) is 11.1 Å². The number of hydrogen-bond acceptors (Lipinski definition) is 3. The van der Waals surface area contributed by atoms with Gasteiger partial charge in [0.05, 0.1) is 19.8 Å². The number of carbonyl (C=O) groups excluding carboxylic acids is 1. The fourth-order valence-corrected chi connectivity index (χ4v) is 3.18. The SMILES string of the molecule is COc1cccc(OC)c1/C=C/C(=O)/C=C/c1ccc(-c2ccccc2)c(C)c1. The summed E-state index contributed by atoms with van der Waals surface area (Å²) in [5.74, 6) is 1.21. The van der Waals surface area contributed by atoms with Crippen LogP contribution in [0.5, 0.6) is 11.5 Å². The molecule has 3 nitrogen and oxygen atoms in total. The molecular formula is C26H24O3. The molecule has 0 bridgehead atoms. The second-order valence-electron chi connectivity index (χ2n) is 6.59. The van der Waals surface area contributed by atoms with Crippen LogP contribution in [0.15, 0.2) is 78.9 Å². The highest BCUT2D eigenvalue weighted by atomic mass is 16.5. The lowest BCUT2D eigenvalue weighted by Crippen LogP contribution is -1.93. The molecular weight excluding hydrogens is 360 g/mol. The van der Waals surface area contributed by atoms with Crippen molar-refractivity contribution in [3.05, 3.63) is 95.6 Å². The van der Waals surface area contributed by atoms with Crippen LogP contribution in [0.4, 0.5) is 0 Å². The molecule has 0 amide bonds. The van der Waals surface area contributed by atoms with Crippen molar-refractivity contribution in [1.29, 1.82) is 0 Å². The number of methoxy groups -OCH3 is 2. The van der Waals surface area contributed by atoms with E-state index >= 15 is 0 Å². The molecule has 0 saturated heterocycles. The number of ketones is 1. The summed E-state index contributed by atoms with van der Waals surface area (Å²) in [7, 11) is 3.19. The maximum Gasteiger partial charge on any atom is 0.178 e. The molecule has 0 unspecified atom stereocenters. The Morgan fingerprint density at radius 2 is 1.45 bits per heavy atom. The van der Waals surface area contributed by atoms with Crippen molar-refractivity contribution < 1.29 is 14.3 Å². The van der Waals surface area contributed by atoms with E-state index in [0.29, 0.717) is 11.5 Å². The molecule has 0 N–H and O–H groups in total. The molecule has 3 heteroatoms. The quantitative estimate of drug-likeness (QED) is 0.471. The van der Waals surface area contributed by atoms with Gasteiger partial charge in [0.1, 0.15) is 11.5 Å². The highest BCUT2D eigenvalue weighted by Gasteiger charge is 2.06. The number of hydrogen-bond donors (Lipinski definition) is 0. The highest BCUT2D eigenvalue weighted by molar-refractivity contribution is 6.04. The van der Waals surface area contributed by atoms with Crippen molar-refractivity contribution in [2.24, 2.45) is 0 Å². The molecule has 0 radical (unpaired) electrons. The molecule has 0 aliphatic rings. The van der Waals surface area contributed by atoms with E-state index < -0.39 is 0 Å². The number of rotatable bonds is 7. The number of benzene rings is 3. The molecule has 3 rings (SSSR count). The van der Waals surface area contributed by atoms with Crippen LogP contribution in [0.1, 0.15) is 16.7 Å². The molecule has 0 atom stereocenters. The highest BCUT2D eigenvalue weighted by Crippen LogP contribution is 2.29. The van der Waals surface area contributed by atoms with Gasteiger partial charge in [-0.1, -0.05) is 60.7 Å². The largest absolute Gasteiger partial charge is 0.496 e. The van der Waals surface area contributed by atoms with Crippen LogP contribution in [0.2, 0.25) is 0 Å². The van der Waals surface area contributed by atoms with E-state index in [-0.39, 0.29) is 5.78 Å². The molecule has 29 heavy (non-hydrogen) atoms. The maximum absolute atomic E-state index is 12.3. The Bertz CT molecular complexity index is 1020. The Labute approximate surface area is 171 Å². The van der Waals surface area contributed by atoms with Crippen LogP contribution < -0.4 is 9.47 Å². The molecule has 146 valence electrons. The monoisotopic (exact) mass is 384 g/mol. The standard InChI is InChI=1S/C26H24O3/c1-19-18-20(13-16-23(19)21-8-5-4-6-9-21)12-14-22(27)15-17-24-25(28-2)10-7-11-26(24)29-3/h4-18H,1-3H3/b14-12+,17-15+. The van der Waals surface area contributed by atoms with Gasteiger partial charge >= 0.3 is 0 Å². The Kier molecular flexibility index (Phi) is 6.64. The zero-order valence-corrected chi connectivity index (χ0v) is 16.9. The Hall–Kier alpha value is -3.59. The Morgan fingerprint density at radius 3 is 2.07 bits per heavy atom. The fourth-order valence-electron chi connectivity index (χ4n) is 3.18. The molecule has 3 aromatic rings. The van der Waals surface area contributed by atoms with Gasteiger partial charge in [0, 0.05) is 0 Å². The van der Waals surface area contributed by atoms with E-state index in [9.17, 15) is 4.79 Å². The summed E-state index contributed by atoms with van der Waals surface area (Å²) < 4.78 is 10.7. The molecule has 0 aliphatic heterocycles. The summed E-state index contributed by atoms with van der Waals surface area (Å²) in [5, 5.41) is 0. The van der Waals surface area contributed by atoms with Gasteiger partial charge in [0.15, 0.2) is 5.78 Å². The average molecular weight is 384 g/mol. The van der Waals surface area contributed by atoms with Crippen molar-refractivity contribution in [2.75, 3.05) is 14.2 Å². The van der Waals surface area contributed by atoms with Crippen molar-refractivity contribution >= 4 is 17.9 Å². The lowest BCUT2D eigenvalue weighted by Gasteiger charge is -2.09. The van der Waals surface area contributed by atoms with Gasteiger partial charge < -0.3 is 9.47 Å². The molecule has 0 heterocycles. The Balaban J connectivity index is 1.75. The number of ether oxygens (including phenoxy) is 2. The molecule has 0 fully saturated rings. The zero-order chi connectivity index (χ0) is 20.6. The summed E-state index contributed by atoms with van der Waals surface area (Å²) in [6.45, 7) is 2.08. The second-order valence-corrected chi connectivity index (χ2v) is 6.59. The molecule has 0 spiro atoms. The summed E-state index contributed by atoms with van der Waals surface area (Å²) in [5.41, 5.74) is 5.27. The van der Waals surface area contributed by atoms with Gasteiger partial charge in [0.2, 0.25) is 0 Å². The second kappa shape index (κ2) is 9.56. The molecule has 0 aromatic heterocycles. The first kappa shape index (κ1) is 20.2. The molecule has 0 saturated carbocycles. The maximum atomic E-state index is 12.3. The number of carbonyl (C=O) groups is 1. The number of allylic oxidation sites excluding steroid dienone is 2. The van der Waals surface area contributed by atoms with Gasteiger partial charge in [0.25, 0.3) is 0 Å². The predicted octanol–water partition coefficient (Wildman–Crippen LogP) is 5.97. The van der Waals surface area contributed by atoms with Crippen molar-refractivity contribution in [2.45, 2.75) is 6.92 Å². The topological polar surface area (TPSA) is 35.5 Å². The third kappa shape index (κ3) is 5.02. The average Bonchev–Trinajstić information content (AvgIpc) is 2.76. The third-order valence-corrected chi connectivity index (χ3v) is 4.66. The first-order chi connectivity index (χ1) is 14.1. The summed E-state index contributed by atoms with van der Waals surface area (Å²) >= 11 is 0. The van der Waals surface area contributed by atoms with E-state index in [2.05, 4.69) is 31.2 Å². The molecule has 0 aliphatic carbocycles. The minimum Gasteiger partial charge on any atom is -0.496 e. The lowest BCUT2D eigenvalue weighted by molar-refractivity contribution is -0.110. The third-order valence-electron chi connectivity index (χ3n) is 4.66. The minimum atomic E-state index is -0.109. The Morgan fingerprint density at radius 1 is 0.793 bits per heavy atom. The van der Waals surface area contributed by atoms with Crippen LogP contribution >= 0.6 is 0 Å². The van der Waals surface area contributed by atoms with Gasteiger partial charge in [-0.25, -0.2) is 0 Å². The lowest BCUT2D eigenvalue weighted by atomic mass is 9.98. The first-order valence-electron chi connectivity index (χ1n) is 9.39. The van der Waals surface area contributed by atoms with Crippen LogP contribution in [0.25, 0.3) is 23.3 Å². The van der Waals surface area contributed by atoms with E-state index in [1.807, 2.05) is 48.5 Å². The predicted molar refractivity (Wildman–Crippen MR) is 119 cm³/mol. The first-order valence-corrected chi connectivity index (χ1v) is 9.39. The fraction of sp³-hybridized carbons (Fsp3) is 0.115. The zero-order valence-electron chi connectivity index (χ0n) is 16.9. The molecule has 3 aromatic carbocycles. The van der Waals surface area contributed by atoms with Crippen LogP contribution in [0, 0.1) is 6.92 Å². The number of aryl methyl sites for hydroxylation is 1. The van der Waals surface area contributed by atoms with Crippen molar-refractivity contribution in [3.8, 4) is 22.6 Å². The summed E-state index contributed by atoms with van der Waals surface area (Å²) in [6.07, 6.45) is 6.62. The van der Waals surface area contributed by atoms with Crippen molar-refractivity contribution in [3.63, 3.8) is 0 Å². The van der Waals surface area contributed by atoms with E-state index in [4.69, 9.17) is 9.47 Å². The van der Waals surface area contributed by atoms with Crippen molar-refractivity contribution in [1.82, 2.24) is 0 Å². The summed E-state index contributed by atoms with van der Waals surface area (Å²) in [6, 6.07) is 22.0. The van der Waals surface area contributed by atoms with Gasteiger partial charge in [-0.15, -0.1) is 0 Å².